The highest BCUT2D eigenvalue weighted by Gasteiger charge is 2.24. The number of nitrogens with one attached hydrogen (secondary N) is 2. The quantitative estimate of drug-likeness (QED) is 0.201. The van der Waals surface area contributed by atoms with E-state index < -0.39 is 23.1 Å². The minimum Gasteiger partial charge on any atom is -0.506 e. The number of ether oxygens (including phenoxy) is 1. The first-order valence-electron chi connectivity index (χ1n) is 13.9. The number of aromatic nitrogens is 4. The Morgan fingerprint density at radius 3 is 2.67 bits per heavy atom. The largest absolute Gasteiger partial charge is 0.506 e. The van der Waals surface area contributed by atoms with Crippen LogP contribution in [0.2, 0.25) is 10.0 Å². The number of phenols is 1. The lowest BCUT2D eigenvalue weighted by molar-refractivity contribution is -0.116. The molecule has 0 radical (unpaired) electrons. The van der Waals surface area contributed by atoms with E-state index in [2.05, 4.69) is 20.2 Å². The molecule has 230 valence electrons. The van der Waals surface area contributed by atoms with E-state index in [4.69, 9.17) is 38.7 Å². The monoisotopic (exact) mass is 647 g/mol. The molecule has 1 atom stereocenters. The molecule has 2 aromatic carbocycles. The number of benzene rings is 2. The van der Waals surface area contributed by atoms with E-state index in [1.807, 2.05) is 25.1 Å². The molecule has 1 saturated heterocycles. The van der Waals surface area contributed by atoms with Gasteiger partial charge in [0.05, 0.1) is 52.1 Å². The van der Waals surface area contributed by atoms with Crippen molar-refractivity contribution < 1.29 is 19.4 Å². The summed E-state index contributed by atoms with van der Waals surface area (Å²) in [4.78, 5) is 53.1. The number of carbonyl (C=O) groups is 2. The van der Waals surface area contributed by atoms with Gasteiger partial charge in [0.2, 0.25) is 5.91 Å². The van der Waals surface area contributed by atoms with Gasteiger partial charge in [0, 0.05) is 29.9 Å². The van der Waals surface area contributed by atoms with E-state index in [-0.39, 0.29) is 39.2 Å². The number of rotatable bonds is 7. The van der Waals surface area contributed by atoms with Gasteiger partial charge in [-0.15, -0.1) is 0 Å². The third-order valence-corrected chi connectivity index (χ3v) is 8.09. The Kier molecular flexibility index (Phi) is 8.19. The van der Waals surface area contributed by atoms with Gasteiger partial charge in [0.1, 0.15) is 29.6 Å². The second-order valence-electron chi connectivity index (χ2n) is 10.6. The van der Waals surface area contributed by atoms with Crippen molar-refractivity contribution in [1.29, 1.82) is 0 Å². The summed E-state index contributed by atoms with van der Waals surface area (Å²) < 4.78 is 7.04. The molecular weight excluding hydrogens is 621 g/mol. The molecule has 0 spiro atoms. The number of carbonyl (C=O) groups excluding carboxylic acids is 2. The topological polar surface area (TPSA) is 168 Å². The van der Waals surface area contributed by atoms with Gasteiger partial charge in [-0.2, -0.15) is 0 Å². The summed E-state index contributed by atoms with van der Waals surface area (Å²) >= 11 is 12.6. The number of amides is 2. The van der Waals surface area contributed by atoms with Crippen molar-refractivity contribution in [2.75, 3.05) is 30.0 Å². The molecule has 45 heavy (non-hydrogen) atoms. The number of hydrogen-bond donors (Lipinski definition) is 4. The fraction of sp³-hybridized carbons (Fsp3) is 0.194. The minimum absolute atomic E-state index is 0.0899. The van der Waals surface area contributed by atoms with Gasteiger partial charge in [-0.25, -0.2) is 9.97 Å². The maximum absolute atomic E-state index is 13.6. The highest BCUT2D eigenvalue weighted by Crippen LogP contribution is 2.36. The second-order valence-corrected chi connectivity index (χ2v) is 11.4. The van der Waals surface area contributed by atoms with Crippen LogP contribution in [-0.2, 0) is 16.1 Å². The summed E-state index contributed by atoms with van der Waals surface area (Å²) in [6, 6.07) is 13.6. The molecular formula is C31H27Cl2N7O5. The van der Waals surface area contributed by atoms with E-state index in [0.717, 1.165) is 0 Å². The number of H-pyrrole nitrogens is 1. The van der Waals surface area contributed by atoms with Gasteiger partial charge in [0.15, 0.2) is 0 Å². The lowest BCUT2D eigenvalue weighted by Gasteiger charge is -2.34. The predicted molar refractivity (Wildman–Crippen MR) is 172 cm³/mol. The first kappa shape index (κ1) is 30.1. The highest BCUT2D eigenvalue weighted by molar-refractivity contribution is 6.34. The average molecular weight is 649 g/mol. The van der Waals surface area contributed by atoms with E-state index in [1.54, 1.807) is 24.4 Å². The van der Waals surface area contributed by atoms with Crippen molar-refractivity contribution in [2.45, 2.75) is 19.5 Å². The van der Waals surface area contributed by atoms with Crippen molar-refractivity contribution in [1.82, 2.24) is 19.5 Å². The van der Waals surface area contributed by atoms with Crippen LogP contribution in [0.15, 0.2) is 65.7 Å². The Morgan fingerprint density at radius 2 is 1.93 bits per heavy atom. The zero-order valence-electron chi connectivity index (χ0n) is 23.9. The Labute approximate surface area is 266 Å². The zero-order valence-corrected chi connectivity index (χ0v) is 25.4. The number of anilines is 2. The van der Waals surface area contributed by atoms with Crippen LogP contribution < -0.4 is 21.5 Å². The van der Waals surface area contributed by atoms with Crippen LogP contribution in [0.1, 0.15) is 17.3 Å². The summed E-state index contributed by atoms with van der Waals surface area (Å²) in [5.41, 5.74) is 6.62. The molecule has 4 heterocycles. The van der Waals surface area contributed by atoms with E-state index >= 15 is 0 Å². The van der Waals surface area contributed by atoms with Crippen LogP contribution in [0, 0.1) is 0 Å². The number of hydrogen-bond acceptors (Lipinski definition) is 8. The third-order valence-electron chi connectivity index (χ3n) is 7.50. The van der Waals surface area contributed by atoms with Crippen LogP contribution in [-0.4, -0.2) is 62.2 Å². The number of morpholine rings is 1. The van der Waals surface area contributed by atoms with Gasteiger partial charge in [-0.3, -0.25) is 14.4 Å². The number of pyridine rings is 1. The molecule has 1 aliphatic rings. The lowest BCUT2D eigenvalue weighted by Crippen LogP contribution is -2.44. The third kappa shape index (κ3) is 5.95. The highest BCUT2D eigenvalue weighted by atomic mass is 35.5. The SMILES string of the molecule is C[C@H]1COCCN1c1cc(NC(=O)Cn2cc(-c3cc(Cl)c(O)c(C(N)=O)c3)c3c(=O)[nH]c(-c4ccccc4)nc32)c(Cl)cn1. The van der Waals surface area contributed by atoms with Crippen LogP contribution in [0.25, 0.3) is 33.5 Å². The number of aromatic amines is 1. The molecule has 5 aromatic rings. The van der Waals surface area contributed by atoms with E-state index in [0.29, 0.717) is 53.8 Å². The average Bonchev–Trinajstić information content (AvgIpc) is 3.38. The molecule has 0 bridgehead atoms. The normalized spacial score (nSPS) is 14.9. The fourth-order valence-electron chi connectivity index (χ4n) is 5.30. The number of primary amides is 1. The Morgan fingerprint density at radius 1 is 1.16 bits per heavy atom. The summed E-state index contributed by atoms with van der Waals surface area (Å²) in [6.45, 7) is 3.53. The Hall–Kier alpha value is -4.91. The van der Waals surface area contributed by atoms with Crippen LogP contribution in [0.5, 0.6) is 5.75 Å². The number of halogens is 2. The van der Waals surface area contributed by atoms with Gasteiger partial charge in [-0.05, 0) is 24.6 Å². The summed E-state index contributed by atoms with van der Waals surface area (Å²) in [6.07, 6.45) is 3.04. The van der Waals surface area contributed by atoms with E-state index in [1.165, 1.54) is 22.9 Å². The molecule has 3 aromatic heterocycles. The molecule has 6 rings (SSSR count). The predicted octanol–water partition coefficient (Wildman–Crippen LogP) is 4.43. The molecule has 1 aliphatic heterocycles. The van der Waals surface area contributed by atoms with Crippen molar-refractivity contribution in [3.63, 3.8) is 0 Å². The summed E-state index contributed by atoms with van der Waals surface area (Å²) in [5, 5.41) is 13.4. The molecule has 5 N–H and O–H groups in total. The van der Waals surface area contributed by atoms with Crippen molar-refractivity contribution in [3.8, 4) is 28.3 Å². The van der Waals surface area contributed by atoms with Crippen LogP contribution in [0.3, 0.4) is 0 Å². The first-order chi connectivity index (χ1) is 21.6. The maximum Gasteiger partial charge on any atom is 0.261 e. The maximum atomic E-state index is 13.6. The van der Waals surface area contributed by atoms with Gasteiger partial charge >= 0.3 is 0 Å². The molecule has 0 unspecified atom stereocenters. The number of nitrogens with two attached hydrogens (primary N) is 1. The molecule has 0 aliphatic carbocycles. The lowest BCUT2D eigenvalue weighted by atomic mass is 10.0. The minimum atomic E-state index is -0.905. The van der Waals surface area contributed by atoms with Gasteiger partial charge in [0.25, 0.3) is 11.5 Å². The van der Waals surface area contributed by atoms with Crippen LogP contribution >= 0.6 is 23.2 Å². The zero-order chi connectivity index (χ0) is 31.8. The van der Waals surface area contributed by atoms with Crippen molar-refractivity contribution in [2.24, 2.45) is 5.73 Å². The first-order valence-corrected chi connectivity index (χ1v) is 14.7. The van der Waals surface area contributed by atoms with Gasteiger partial charge < -0.3 is 35.3 Å². The fourth-order valence-corrected chi connectivity index (χ4v) is 5.67. The molecule has 14 heteroatoms. The number of nitrogens with zero attached hydrogens (tertiary/aromatic N) is 4. The van der Waals surface area contributed by atoms with Crippen molar-refractivity contribution in [3.05, 3.63) is 86.9 Å². The molecule has 12 nitrogen and oxygen atoms in total. The van der Waals surface area contributed by atoms with Gasteiger partial charge in [-0.1, -0.05) is 53.5 Å². The standard InChI is InChI=1S/C31H27Cl2N7O5/c1-16-15-45-8-7-40(16)24-11-23(22(33)12-35-24)36-25(41)14-39-13-20(18-9-19(28(34)43)27(42)21(32)10-18)26-30(39)37-29(38-31(26)44)17-5-3-2-4-6-17/h2-6,9-13,16,42H,7-8,14-15H2,1H3,(H2,34,43)(H,35,36,41)(H,37,38,44)/t16-/m0/s1. The Bertz CT molecular complexity index is 2010. The van der Waals surface area contributed by atoms with Crippen molar-refractivity contribution >= 4 is 57.6 Å². The molecule has 2 amide bonds. The Balaban J connectivity index is 1.42. The summed E-state index contributed by atoms with van der Waals surface area (Å²) in [7, 11) is 0. The second kappa shape index (κ2) is 12.2. The number of aromatic hydroxyl groups is 1. The van der Waals surface area contributed by atoms with E-state index in [9.17, 15) is 19.5 Å². The smallest absolute Gasteiger partial charge is 0.261 e. The van der Waals surface area contributed by atoms with Crippen LogP contribution in [0.4, 0.5) is 11.5 Å². The molecule has 1 fully saturated rings. The molecule has 0 saturated carbocycles. The number of fused-ring (bicyclic) bond motifs is 1. The summed E-state index contributed by atoms with van der Waals surface area (Å²) in [5.74, 6) is -0.887.